The van der Waals surface area contributed by atoms with Gasteiger partial charge in [-0.05, 0) is 25.0 Å². The summed E-state index contributed by atoms with van der Waals surface area (Å²) in [6.07, 6.45) is 4.21. The summed E-state index contributed by atoms with van der Waals surface area (Å²) in [5.41, 5.74) is 3.57. The second-order valence-corrected chi connectivity index (χ2v) is 9.83. The predicted molar refractivity (Wildman–Crippen MR) is 129 cm³/mol. The first-order chi connectivity index (χ1) is 15.9. The van der Waals surface area contributed by atoms with Crippen LogP contribution in [-0.2, 0) is 0 Å². The zero-order chi connectivity index (χ0) is 23.0. The van der Waals surface area contributed by atoms with Crippen LogP contribution in [0.4, 0.5) is 14.5 Å². The number of likely N-dealkylation sites (tertiary alicyclic amines) is 1. The third-order valence-electron chi connectivity index (χ3n) is 6.25. The lowest BCUT2D eigenvalue weighted by molar-refractivity contribution is -0.0707. The Morgan fingerprint density at radius 1 is 1.15 bits per heavy atom. The molecular formula is C26H25F2N3OS. The van der Waals surface area contributed by atoms with E-state index in [2.05, 4.69) is 22.0 Å². The van der Waals surface area contributed by atoms with Crippen LogP contribution in [0.3, 0.4) is 0 Å². The Morgan fingerprint density at radius 2 is 1.91 bits per heavy atom. The average molecular weight is 466 g/mol. The molecule has 0 radical (unpaired) electrons. The van der Waals surface area contributed by atoms with Gasteiger partial charge in [0, 0.05) is 30.8 Å². The molecule has 1 saturated heterocycles. The van der Waals surface area contributed by atoms with Crippen molar-refractivity contribution in [2.75, 3.05) is 24.5 Å². The molecule has 1 amide bonds. The highest BCUT2D eigenvalue weighted by atomic mass is 32.1. The zero-order valence-electron chi connectivity index (χ0n) is 18.4. The Balaban J connectivity index is 1.46. The number of aryl methyl sites for hydroxylation is 1. The molecule has 0 spiro atoms. The van der Waals surface area contributed by atoms with Crippen molar-refractivity contribution < 1.29 is 13.6 Å². The summed E-state index contributed by atoms with van der Waals surface area (Å²) < 4.78 is 29.0. The second-order valence-electron chi connectivity index (χ2n) is 8.62. The lowest BCUT2D eigenvalue weighted by Crippen LogP contribution is -2.55. The quantitative estimate of drug-likeness (QED) is 0.482. The number of rotatable bonds is 4. The first-order valence-corrected chi connectivity index (χ1v) is 12.0. The number of benzene rings is 2. The van der Waals surface area contributed by atoms with Crippen molar-refractivity contribution in [3.8, 4) is 11.3 Å². The minimum absolute atomic E-state index is 0.208. The van der Waals surface area contributed by atoms with Crippen LogP contribution in [0.25, 0.3) is 17.3 Å². The zero-order valence-corrected chi connectivity index (χ0v) is 19.2. The maximum atomic E-state index is 14.5. The maximum absolute atomic E-state index is 14.5. The predicted octanol–water partition coefficient (Wildman–Crippen LogP) is 5.89. The number of thiazole rings is 1. The molecule has 5 rings (SSSR count). The van der Waals surface area contributed by atoms with E-state index in [4.69, 9.17) is 0 Å². The Morgan fingerprint density at radius 3 is 2.73 bits per heavy atom. The highest BCUT2D eigenvalue weighted by molar-refractivity contribution is 7.14. The molecule has 1 atom stereocenters. The van der Waals surface area contributed by atoms with E-state index < -0.39 is 12.5 Å². The van der Waals surface area contributed by atoms with Crippen LogP contribution in [0, 0.1) is 6.92 Å². The molecular weight excluding hydrogens is 440 g/mol. The van der Waals surface area contributed by atoms with E-state index in [1.807, 2.05) is 61.5 Å². The molecule has 7 heteroatoms. The molecule has 33 heavy (non-hydrogen) atoms. The van der Waals surface area contributed by atoms with Crippen molar-refractivity contribution in [2.24, 2.45) is 0 Å². The Hall–Kier alpha value is -3.06. The number of piperidine rings is 1. The third-order valence-corrected chi connectivity index (χ3v) is 7.21. The molecule has 3 heterocycles. The van der Waals surface area contributed by atoms with Gasteiger partial charge in [0.05, 0.1) is 23.3 Å². The van der Waals surface area contributed by atoms with Crippen molar-refractivity contribution >= 4 is 29.0 Å². The fraction of sp³-hybridized carbons (Fsp3) is 0.308. The van der Waals surface area contributed by atoms with Gasteiger partial charge in [0.1, 0.15) is 4.88 Å². The van der Waals surface area contributed by atoms with E-state index in [1.165, 1.54) is 16.2 Å². The summed E-state index contributed by atoms with van der Waals surface area (Å²) in [4.78, 5) is 22.3. The van der Waals surface area contributed by atoms with Gasteiger partial charge in [-0.2, -0.15) is 0 Å². The molecule has 1 fully saturated rings. The number of carbonyl (C=O) groups excluding carboxylic acids is 1. The summed E-state index contributed by atoms with van der Waals surface area (Å²) >= 11 is 1.28. The number of halogens is 2. The van der Waals surface area contributed by atoms with Gasteiger partial charge < -0.3 is 9.80 Å². The fourth-order valence-electron chi connectivity index (χ4n) is 4.66. The standard InChI is InChI=1S/C26H25F2N3OS/c1-18-29-23(20-9-3-2-4-10-20)24(33-18)25(32)31-17-26(27,28)14-13-21(31)16-30-15-7-11-19-8-5-6-12-22(19)30/h2-12,21H,13-17H2,1H3. The van der Waals surface area contributed by atoms with E-state index in [0.717, 1.165) is 21.8 Å². The van der Waals surface area contributed by atoms with E-state index in [0.29, 0.717) is 23.7 Å². The van der Waals surface area contributed by atoms with Crippen LogP contribution in [0.15, 0.2) is 60.7 Å². The molecule has 2 aromatic carbocycles. The number of aromatic nitrogens is 1. The van der Waals surface area contributed by atoms with E-state index in [1.54, 1.807) is 0 Å². The van der Waals surface area contributed by atoms with Gasteiger partial charge in [-0.3, -0.25) is 4.79 Å². The molecule has 2 aliphatic rings. The molecule has 3 aromatic rings. The number of anilines is 1. The summed E-state index contributed by atoms with van der Waals surface area (Å²) in [5.74, 6) is -3.25. The lowest BCUT2D eigenvalue weighted by atomic mass is 9.97. The summed E-state index contributed by atoms with van der Waals surface area (Å²) in [6, 6.07) is 17.2. The smallest absolute Gasteiger partial charge is 0.266 e. The number of hydrogen-bond acceptors (Lipinski definition) is 4. The fourth-order valence-corrected chi connectivity index (χ4v) is 5.56. The molecule has 2 aliphatic heterocycles. The second kappa shape index (κ2) is 8.71. The van der Waals surface area contributed by atoms with Gasteiger partial charge in [0.15, 0.2) is 0 Å². The largest absolute Gasteiger partial charge is 0.365 e. The minimum atomic E-state index is -2.89. The number of nitrogens with zero attached hydrogens (tertiary/aromatic N) is 3. The minimum Gasteiger partial charge on any atom is -0.365 e. The lowest BCUT2D eigenvalue weighted by Gasteiger charge is -2.42. The molecule has 0 N–H and O–H groups in total. The SMILES string of the molecule is Cc1nc(-c2ccccc2)c(C(=O)N2CC(F)(F)CCC2CN2CC=Cc3ccccc32)s1. The Bertz CT molecular complexity index is 1190. The molecule has 0 bridgehead atoms. The summed E-state index contributed by atoms with van der Waals surface area (Å²) in [6.45, 7) is 2.49. The number of hydrogen-bond donors (Lipinski definition) is 0. The first kappa shape index (κ1) is 21.8. The normalized spacial score (nSPS) is 19.4. The molecule has 0 aliphatic carbocycles. The highest BCUT2D eigenvalue weighted by Gasteiger charge is 2.43. The maximum Gasteiger partial charge on any atom is 0.266 e. The Kier molecular flexibility index (Phi) is 5.74. The van der Waals surface area contributed by atoms with Crippen LogP contribution < -0.4 is 4.90 Å². The van der Waals surface area contributed by atoms with Gasteiger partial charge in [0.25, 0.3) is 11.8 Å². The van der Waals surface area contributed by atoms with Crippen LogP contribution in [-0.4, -0.2) is 47.4 Å². The Labute approximate surface area is 196 Å². The van der Waals surface area contributed by atoms with Gasteiger partial charge in [-0.25, -0.2) is 13.8 Å². The van der Waals surface area contributed by atoms with E-state index in [-0.39, 0.29) is 24.8 Å². The van der Waals surface area contributed by atoms with Crippen molar-refractivity contribution in [1.82, 2.24) is 9.88 Å². The summed E-state index contributed by atoms with van der Waals surface area (Å²) in [5, 5.41) is 0.743. The number of para-hydroxylation sites is 1. The number of alkyl halides is 2. The molecule has 170 valence electrons. The molecule has 1 aromatic heterocycles. The topological polar surface area (TPSA) is 36.4 Å². The van der Waals surface area contributed by atoms with Gasteiger partial charge in [-0.15, -0.1) is 11.3 Å². The number of amides is 1. The van der Waals surface area contributed by atoms with E-state index >= 15 is 0 Å². The van der Waals surface area contributed by atoms with Crippen molar-refractivity contribution in [3.63, 3.8) is 0 Å². The molecule has 1 unspecified atom stereocenters. The van der Waals surface area contributed by atoms with Gasteiger partial charge in [0.2, 0.25) is 0 Å². The van der Waals surface area contributed by atoms with Crippen LogP contribution in [0.1, 0.15) is 33.1 Å². The highest BCUT2D eigenvalue weighted by Crippen LogP contribution is 2.36. The van der Waals surface area contributed by atoms with Crippen LogP contribution in [0.2, 0.25) is 0 Å². The molecule has 4 nitrogen and oxygen atoms in total. The van der Waals surface area contributed by atoms with Crippen LogP contribution in [0.5, 0.6) is 0 Å². The van der Waals surface area contributed by atoms with Crippen LogP contribution >= 0.6 is 11.3 Å². The van der Waals surface area contributed by atoms with Crippen molar-refractivity contribution in [1.29, 1.82) is 0 Å². The van der Waals surface area contributed by atoms with Gasteiger partial charge in [-0.1, -0.05) is 60.7 Å². The van der Waals surface area contributed by atoms with Crippen molar-refractivity contribution in [3.05, 3.63) is 76.1 Å². The first-order valence-electron chi connectivity index (χ1n) is 11.1. The van der Waals surface area contributed by atoms with Gasteiger partial charge >= 0.3 is 0 Å². The summed E-state index contributed by atoms with van der Waals surface area (Å²) in [7, 11) is 0. The van der Waals surface area contributed by atoms with Crippen molar-refractivity contribution in [2.45, 2.75) is 31.7 Å². The monoisotopic (exact) mass is 465 g/mol. The van der Waals surface area contributed by atoms with E-state index in [9.17, 15) is 13.6 Å². The molecule has 0 saturated carbocycles. The number of carbonyl (C=O) groups is 1. The average Bonchev–Trinajstić information content (AvgIpc) is 3.22. The third kappa shape index (κ3) is 4.42. The number of fused-ring (bicyclic) bond motifs is 1.